The van der Waals surface area contributed by atoms with Gasteiger partial charge in [-0.1, -0.05) is 32.4 Å². The fourth-order valence-electron chi connectivity index (χ4n) is 2.81. The van der Waals surface area contributed by atoms with Crippen LogP contribution < -0.4 is 0 Å². The smallest absolute Gasteiger partial charge is 0.176 e. The summed E-state index contributed by atoms with van der Waals surface area (Å²) < 4.78 is 0. The van der Waals surface area contributed by atoms with Crippen molar-refractivity contribution in [2.75, 3.05) is 19.6 Å². The number of ketones is 1. The van der Waals surface area contributed by atoms with Crippen LogP contribution in [0.15, 0.2) is 18.2 Å². The van der Waals surface area contributed by atoms with E-state index in [4.69, 9.17) is 0 Å². The van der Waals surface area contributed by atoms with Gasteiger partial charge in [0.2, 0.25) is 0 Å². The predicted octanol–water partition coefficient (Wildman–Crippen LogP) is 4.00. The van der Waals surface area contributed by atoms with E-state index in [0.717, 1.165) is 18.7 Å². The van der Waals surface area contributed by atoms with Crippen LogP contribution in [-0.4, -0.2) is 30.3 Å². The van der Waals surface area contributed by atoms with Gasteiger partial charge in [-0.3, -0.25) is 9.69 Å². The molecule has 2 heteroatoms. The van der Waals surface area contributed by atoms with Gasteiger partial charge in [-0.25, -0.2) is 0 Å². The molecule has 0 aromatic heterocycles. The molecule has 20 heavy (non-hydrogen) atoms. The topological polar surface area (TPSA) is 20.3 Å². The molecule has 0 unspecified atom stereocenters. The molecule has 1 heterocycles. The van der Waals surface area contributed by atoms with Gasteiger partial charge in [-0.15, -0.1) is 0 Å². The predicted molar refractivity (Wildman–Crippen MR) is 84.3 cm³/mol. The Hall–Kier alpha value is -1.15. The monoisotopic (exact) mass is 273 g/mol. The Bertz CT molecular complexity index is 484. The Kier molecular flexibility index (Phi) is 4.64. The number of likely N-dealkylation sites (tertiary alicyclic amines) is 1. The average Bonchev–Trinajstić information content (AvgIpc) is 2.44. The fourth-order valence-corrected chi connectivity index (χ4v) is 2.81. The van der Waals surface area contributed by atoms with Crippen molar-refractivity contribution in [3.8, 4) is 0 Å². The van der Waals surface area contributed by atoms with Crippen molar-refractivity contribution in [1.29, 1.82) is 0 Å². The number of carbonyl (C=O) groups excluding carboxylic acids is 1. The van der Waals surface area contributed by atoms with Gasteiger partial charge in [0.25, 0.3) is 0 Å². The minimum absolute atomic E-state index is 0.258. The van der Waals surface area contributed by atoms with Crippen LogP contribution in [0.4, 0.5) is 0 Å². The van der Waals surface area contributed by atoms with Crippen molar-refractivity contribution in [1.82, 2.24) is 4.90 Å². The molecular formula is C18H27NO. The SMILES string of the molecule is CCC1(C)CCN(CC(=O)c2ccc(C)c(C)c2)CC1. The van der Waals surface area contributed by atoms with E-state index in [1.54, 1.807) is 0 Å². The highest BCUT2D eigenvalue weighted by Crippen LogP contribution is 2.33. The van der Waals surface area contributed by atoms with Crippen molar-refractivity contribution in [3.05, 3.63) is 34.9 Å². The highest BCUT2D eigenvalue weighted by Gasteiger charge is 2.28. The molecule has 0 N–H and O–H groups in total. The third kappa shape index (κ3) is 3.49. The number of nitrogens with zero attached hydrogens (tertiary/aromatic N) is 1. The number of piperidine rings is 1. The van der Waals surface area contributed by atoms with Crippen molar-refractivity contribution in [2.45, 2.75) is 47.0 Å². The lowest BCUT2D eigenvalue weighted by Gasteiger charge is -2.38. The second-order valence-electron chi connectivity index (χ2n) is 6.66. The first-order chi connectivity index (χ1) is 9.43. The van der Waals surface area contributed by atoms with E-state index in [9.17, 15) is 4.79 Å². The molecule has 0 radical (unpaired) electrons. The first-order valence-electron chi connectivity index (χ1n) is 7.76. The summed E-state index contributed by atoms with van der Waals surface area (Å²) in [5.74, 6) is 0.258. The zero-order chi connectivity index (χ0) is 14.8. The van der Waals surface area contributed by atoms with E-state index in [1.807, 2.05) is 18.2 Å². The normalized spacial score (nSPS) is 19.0. The molecule has 0 bridgehead atoms. The van der Waals surface area contributed by atoms with Crippen molar-refractivity contribution >= 4 is 5.78 Å². The van der Waals surface area contributed by atoms with Crippen molar-refractivity contribution in [2.24, 2.45) is 5.41 Å². The van der Waals surface area contributed by atoms with E-state index in [1.165, 1.54) is 30.4 Å². The molecular weight excluding hydrogens is 246 g/mol. The summed E-state index contributed by atoms with van der Waals surface area (Å²) in [7, 11) is 0. The highest BCUT2D eigenvalue weighted by molar-refractivity contribution is 5.97. The molecule has 1 aliphatic rings. The Morgan fingerprint density at radius 2 is 1.85 bits per heavy atom. The maximum Gasteiger partial charge on any atom is 0.176 e. The number of carbonyl (C=O) groups is 1. The third-order valence-corrected chi connectivity index (χ3v) is 5.11. The van der Waals surface area contributed by atoms with Crippen LogP contribution in [0.5, 0.6) is 0 Å². The van der Waals surface area contributed by atoms with Gasteiger partial charge in [-0.05, 0) is 62.4 Å². The molecule has 110 valence electrons. The molecule has 1 aromatic rings. The van der Waals surface area contributed by atoms with Crippen molar-refractivity contribution < 1.29 is 4.79 Å². The molecule has 1 aliphatic heterocycles. The van der Waals surface area contributed by atoms with Gasteiger partial charge >= 0.3 is 0 Å². The molecule has 2 rings (SSSR count). The summed E-state index contributed by atoms with van der Waals surface area (Å²) >= 11 is 0. The van der Waals surface area contributed by atoms with Crippen LogP contribution in [-0.2, 0) is 0 Å². The Morgan fingerprint density at radius 1 is 1.20 bits per heavy atom. The van der Waals surface area contributed by atoms with Crippen LogP contribution in [0.25, 0.3) is 0 Å². The minimum atomic E-state index is 0.258. The van der Waals surface area contributed by atoms with E-state index >= 15 is 0 Å². The second-order valence-corrected chi connectivity index (χ2v) is 6.66. The second kappa shape index (κ2) is 6.09. The Morgan fingerprint density at radius 3 is 2.40 bits per heavy atom. The molecule has 2 nitrogen and oxygen atoms in total. The number of benzene rings is 1. The summed E-state index contributed by atoms with van der Waals surface area (Å²) in [5.41, 5.74) is 3.79. The van der Waals surface area contributed by atoms with E-state index in [-0.39, 0.29) is 5.78 Å². The van der Waals surface area contributed by atoms with Gasteiger partial charge < -0.3 is 0 Å². The lowest BCUT2D eigenvalue weighted by Crippen LogP contribution is -2.41. The summed E-state index contributed by atoms with van der Waals surface area (Å²) in [6.45, 7) is 11.5. The molecule has 1 aromatic carbocycles. The molecule has 0 aliphatic carbocycles. The average molecular weight is 273 g/mol. The molecule has 1 saturated heterocycles. The zero-order valence-corrected chi connectivity index (χ0v) is 13.3. The Labute approximate surface area is 123 Å². The van der Waals surface area contributed by atoms with Crippen molar-refractivity contribution in [3.63, 3.8) is 0 Å². The van der Waals surface area contributed by atoms with Gasteiger partial charge in [0.1, 0.15) is 0 Å². The van der Waals surface area contributed by atoms with Crippen LogP contribution in [0.1, 0.15) is 54.6 Å². The van der Waals surface area contributed by atoms with E-state index in [0.29, 0.717) is 12.0 Å². The summed E-state index contributed by atoms with van der Waals surface area (Å²) in [4.78, 5) is 14.7. The van der Waals surface area contributed by atoms with Crippen LogP contribution in [0.3, 0.4) is 0 Å². The fraction of sp³-hybridized carbons (Fsp3) is 0.611. The maximum absolute atomic E-state index is 12.4. The van der Waals surface area contributed by atoms with Gasteiger partial charge in [0, 0.05) is 5.56 Å². The summed E-state index contributed by atoms with van der Waals surface area (Å²) in [6, 6.07) is 6.04. The number of hydrogen-bond acceptors (Lipinski definition) is 2. The first-order valence-corrected chi connectivity index (χ1v) is 7.76. The lowest BCUT2D eigenvalue weighted by molar-refractivity contribution is 0.0813. The summed E-state index contributed by atoms with van der Waals surface area (Å²) in [5, 5.41) is 0. The van der Waals surface area contributed by atoms with Gasteiger partial charge in [-0.2, -0.15) is 0 Å². The molecule has 0 amide bonds. The van der Waals surface area contributed by atoms with E-state index < -0.39 is 0 Å². The molecule has 0 spiro atoms. The maximum atomic E-state index is 12.4. The number of hydrogen-bond donors (Lipinski definition) is 0. The summed E-state index contributed by atoms with van der Waals surface area (Å²) in [6.07, 6.45) is 3.67. The van der Waals surface area contributed by atoms with Crippen LogP contribution in [0, 0.1) is 19.3 Å². The van der Waals surface area contributed by atoms with Gasteiger partial charge in [0.05, 0.1) is 6.54 Å². The van der Waals surface area contributed by atoms with E-state index in [2.05, 4.69) is 32.6 Å². The largest absolute Gasteiger partial charge is 0.296 e. The minimum Gasteiger partial charge on any atom is -0.296 e. The Balaban J connectivity index is 1.94. The number of rotatable bonds is 4. The van der Waals surface area contributed by atoms with Gasteiger partial charge in [0.15, 0.2) is 5.78 Å². The molecule has 0 saturated carbocycles. The number of aryl methyl sites for hydroxylation is 2. The zero-order valence-electron chi connectivity index (χ0n) is 13.3. The quantitative estimate of drug-likeness (QED) is 0.773. The van der Waals surface area contributed by atoms with Crippen LogP contribution >= 0.6 is 0 Å². The molecule has 1 fully saturated rings. The highest BCUT2D eigenvalue weighted by atomic mass is 16.1. The standard InChI is InChI=1S/C18H27NO/c1-5-18(4)8-10-19(11-9-18)13-17(20)16-7-6-14(2)15(3)12-16/h6-7,12H,5,8-11,13H2,1-4H3. The first kappa shape index (κ1) is 15.2. The number of Topliss-reactive ketones (excluding diaryl/α,β-unsaturated/α-hetero) is 1. The lowest BCUT2D eigenvalue weighted by atomic mass is 9.78. The third-order valence-electron chi connectivity index (χ3n) is 5.11. The molecule has 0 atom stereocenters. The van der Waals surface area contributed by atoms with Crippen LogP contribution in [0.2, 0.25) is 0 Å².